The summed E-state index contributed by atoms with van der Waals surface area (Å²) in [4.78, 5) is 42.9. The van der Waals surface area contributed by atoms with Crippen LogP contribution in [0, 0.1) is 5.41 Å². The number of rotatable bonds is 2. The molecule has 0 radical (unpaired) electrons. The highest BCUT2D eigenvalue weighted by Gasteiger charge is 2.43. The zero-order chi connectivity index (χ0) is 22.8. The van der Waals surface area contributed by atoms with Crippen molar-refractivity contribution >= 4 is 34.8 Å². The number of anilines is 1. The number of hydrogen-bond acceptors (Lipinski definition) is 5. The fraction of sp³-hybridized carbons (Fsp3) is 0.261. The Hall–Kier alpha value is -3.03. The van der Waals surface area contributed by atoms with Crippen LogP contribution in [0.15, 0.2) is 55.6 Å². The molecule has 7 nitrogen and oxygen atoms in total. The highest BCUT2D eigenvalue weighted by molar-refractivity contribution is 6.35. The van der Waals surface area contributed by atoms with Crippen molar-refractivity contribution in [2.75, 3.05) is 5.32 Å². The lowest BCUT2D eigenvalue weighted by Crippen LogP contribution is -2.38. The minimum atomic E-state index is -0.767. The summed E-state index contributed by atoms with van der Waals surface area (Å²) in [5.74, 6) is 0.295. The first kappa shape index (κ1) is 20.8. The minimum Gasteiger partial charge on any atom is -0.460 e. The number of ketones is 1. The lowest BCUT2D eigenvalue weighted by molar-refractivity contribution is -0.118. The number of carbonyl (C=O) groups excluding carboxylic acids is 1. The molecule has 32 heavy (non-hydrogen) atoms. The summed E-state index contributed by atoms with van der Waals surface area (Å²) >= 11 is 12.4. The Morgan fingerprint density at radius 2 is 1.81 bits per heavy atom. The number of carbonyl (C=O) groups is 1. The summed E-state index contributed by atoms with van der Waals surface area (Å²) in [6, 6.07) is 8.48. The van der Waals surface area contributed by atoms with Gasteiger partial charge in [0.05, 0.1) is 16.5 Å². The zero-order valence-corrected chi connectivity index (χ0v) is 18.8. The van der Waals surface area contributed by atoms with Crippen LogP contribution < -0.4 is 16.6 Å². The van der Waals surface area contributed by atoms with Crippen molar-refractivity contribution in [3.8, 4) is 11.3 Å². The molecular weight excluding hydrogens is 453 g/mol. The van der Waals surface area contributed by atoms with Crippen molar-refractivity contribution < 1.29 is 9.21 Å². The monoisotopic (exact) mass is 471 g/mol. The van der Waals surface area contributed by atoms with E-state index in [1.807, 2.05) is 13.8 Å². The van der Waals surface area contributed by atoms with Crippen molar-refractivity contribution in [2.45, 2.75) is 32.6 Å². The number of Topliss-reactive ketones (excluding diaryl/α,β-unsaturated/α-hetero) is 1. The van der Waals surface area contributed by atoms with Crippen LogP contribution in [0.2, 0.25) is 10.0 Å². The fourth-order valence-corrected chi connectivity index (χ4v) is 4.95. The van der Waals surface area contributed by atoms with Gasteiger partial charge in [-0.15, -0.1) is 0 Å². The van der Waals surface area contributed by atoms with E-state index in [9.17, 15) is 14.4 Å². The molecule has 1 aliphatic carbocycles. The number of fused-ring (bicyclic) bond motifs is 1. The first-order valence-corrected chi connectivity index (χ1v) is 10.8. The van der Waals surface area contributed by atoms with Crippen LogP contribution in [0.5, 0.6) is 0 Å². The first-order chi connectivity index (χ1) is 15.1. The van der Waals surface area contributed by atoms with E-state index < -0.39 is 17.2 Å². The van der Waals surface area contributed by atoms with Gasteiger partial charge < -0.3 is 9.73 Å². The Morgan fingerprint density at radius 3 is 2.59 bits per heavy atom. The minimum absolute atomic E-state index is 0.0660. The van der Waals surface area contributed by atoms with Crippen molar-refractivity contribution in [2.24, 2.45) is 5.41 Å². The standard InChI is InChI=1S/C23H19Cl2N3O4/c1-23(2)8-13-17(14(29)9-23)18(19-20(26-13)27-22(31)28-21(19)30)16-6-5-15(32-16)11-7-10(24)3-4-12(11)25/h3-7,18H,8-9H2,1-2H3,(H3,26,27,28,30,31). The van der Waals surface area contributed by atoms with Crippen LogP contribution in [-0.4, -0.2) is 15.8 Å². The van der Waals surface area contributed by atoms with Gasteiger partial charge in [0.2, 0.25) is 0 Å². The van der Waals surface area contributed by atoms with E-state index in [4.69, 9.17) is 27.6 Å². The van der Waals surface area contributed by atoms with Gasteiger partial charge in [0.15, 0.2) is 5.78 Å². The van der Waals surface area contributed by atoms with Crippen LogP contribution in [0.4, 0.5) is 5.82 Å². The smallest absolute Gasteiger partial charge is 0.327 e. The van der Waals surface area contributed by atoms with Crippen LogP contribution in [0.3, 0.4) is 0 Å². The molecule has 0 spiro atoms. The predicted octanol–water partition coefficient (Wildman–Crippen LogP) is 4.83. The number of hydrogen-bond donors (Lipinski definition) is 3. The number of halogens is 2. The maximum Gasteiger partial charge on any atom is 0.327 e. The van der Waals surface area contributed by atoms with E-state index in [-0.39, 0.29) is 22.6 Å². The van der Waals surface area contributed by atoms with Gasteiger partial charge in [-0.25, -0.2) is 4.79 Å². The van der Waals surface area contributed by atoms with Gasteiger partial charge in [0.1, 0.15) is 17.3 Å². The molecule has 3 heterocycles. The number of benzene rings is 1. The highest BCUT2D eigenvalue weighted by Crippen LogP contribution is 2.48. The van der Waals surface area contributed by atoms with E-state index in [0.717, 1.165) is 0 Å². The molecule has 3 aromatic rings. The summed E-state index contributed by atoms with van der Waals surface area (Å²) < 4.78 is 6.13. The Kier molecular flexibility index (Phi) is 4.72. The highest BCUT2D eigenvalue weighted by atomic mass is 35.5. The molecule has 2 aliphatic rings. The van der Waals surface area contributed by atoms with E-state index in [1.165, 1.54) is 0 Å². The van der Waals surface area contributed by atoms with E-state index in [0.29, 0.717) is 51.2 Å². The molecule has 0 amide bonds. The molecule has 0 bridgehead atoms. The summed E-state index contributed by atoms with van der Waals surface area (Å²) in [5.41, 5.74) is 0.529. The third-order valence-corrected chi connectivity index (χ3v) is 6.42. The Labute approximate surface area is 192 Å². The second-order valence-corrected chi connectivity index (χ2v) is 9.76. The molecule has 5 rings (SSSR count). The fourth-order valence-electron chi connectivity index (χ4n) is 4.57. The molecule has 1 atom stereocenters. The predicted molar refractivity (Wildman–Crippen MR) is 122 cm³/mol. The number of aromatic nitrogens is 2. The largest absolute Gasteiger partial charge is 0.460 e. The Morgan fingerprint density at radius 1 is 1.03 bits per heavy atom. The van der Waals surface area contributed by atoms with Gasteiger partial charge in [-0.3, -0.25) is 19.6 Å². The summed E-state index contributed by atoms with van der Waals surface area (Å²) in [7, 11) is 0. The molecular formula is C23H19Cl2N3O4. The second-order valence-electron chi connectivity index (χ2n) is 8.91. The quantitative estimate of drug-likeness (QED) is 0.495. The molecule has 2 aromatic heterocycles. The third kappa shape index (κ3) is 3.42. The number of furan rings is 1. The Bertz CT molecular complexity index is 1430. The van der Waals surface area contributed by atoms with Crippen LogP contribution >= 0.6 is 23.2 Å². The molecule has 0 saturated heterocycles. The molecule has 164 valence electrons. The van der Waals surface area contributed by atoms with Gasteiger partial charge >= 0.3 is 5.69 Å². The number of nitrogens with one attached hydrogen (secondary N) is 3. The summed E-state index contributed by atoms with van der Waals surface area (Å²) in [6.07, 6.45) is 0.931. The lowest BCUT2D eigenvalue weighted by Gasteiger charge is -2.37. The SMILES string of the molecule is CC1(C)CC(=O)C2=C(C1)Nc1[nH]c(=O)[nH]c(=O)c1C2c1ccc(-c2cc(Cl)ccc2Cl)o1. The Balaban J connectivity index is 1.72. The van der Waals surface area contributed by atoms with Crippen molar-refractivity contribution in [3.05, 3.63) is 83.8 Å². The van der Waals surface area contributed by atoms with E-state index in [2.05, 4.69) is 15.3 Å². The van der Waals surface area contributed by atoms with Crippen LogP contribution in [0.1, 0.15) is 43.9 Å². The summed E-state index contributed by atoms with van der Waals surface area (Å²) in [5, 5.41) is 4.08. The van der Waals surface area contributed by atoms with Crippen molar-refractivity contribution in [1.29, 1.82) is 0 Å². The van der Waals surface area contributed by atoms with Gasteiger partial charge in [-0.05, 0) is 42.2 Å². The first-order valence-electron chi connectivity index (χ1n) is 10.1. The molecule has 3 N–H and O–H groups in total. The average molecular weight is 472 g/mol. The summed E-state index contributed by atoms with van der Waals surface area (Å²) in [6.45, 7) is 4.02. The van der Waals surface area contributed by atoms with E-state index in [1.54, 1.807) is 30.3 Å². The van der Waals surface area contributed by atoms with E-state index >= 15 is 0 Å². The normalized spacial score (nSPS) is 19.4. The molecule has 0 fully saturated rings. The third-order valence-electron chi connectivity index (χ3n) is 5.86. The molecule has 9 heteroatoms. The van der Waals surface area contributed by atoms with Crippen LogP contribution in [0.25, 0.3) is 11.3 Å². The molecule has 1 unspecified atom stereocenters. The number of H-pyrrole nitrogens is 2. The van der Waals surface area contributed by atoms with Crippen LogP contribution in [-0.2, 0) is 4.79 Å². The van der Waals surface area contributed by atoms with Gasteiger partial charge in [-0.2, -0.15) is 0 Å². The molecule has 1 aliphatic heterocycles. The maximum atomic E-state index is 13.2. The molecule has 0 saturated carbocycles. The van der Waals surface area contributed by atoms with Gasteiger partial charge in [-0.1, -0.05) is 37.0 Å². The van der Waals surface area contributed by atoms with Gasteiger partial charge in [0.25, 0.3) is 5.56 Å². The molecule has 1 aromatic carbocycles. The number of aromatic amines is 2. The topological polar surface area (TPSA) is 108 Å². The lowest BCUT2D eigenvalue weighted by atomic mass is 9.70. The average Bonchev–Trinajstić information content (AvgIpc) is 3.16. The van der Waals surface area contributed by atoms with Gasteiger partial charge in [0, 0.05) is 28.3 Å². The zero-order valence-electron chi connectivity index (χ0n) is 17.3. The second kappa shape index (κ2) is 7.25. The maximum absolute atomic E-state index is 13.2. The van der Waals surface area contributed by atoms with Crippen molar-refractivity contribution in [3.63, 3.8) is 0 Å². The number of allylic oxidation sites excluding steroid dienone is 2. The van der Waals surface area contributed by atoms with Crippen molar-refractivity contribution in [1.82, 2.24) is 9.97 Å².